The second-order valence-corrected chi connectivity index (χ2v) is 5.51. The molecule has 0 saturated carbocycles. The maximum Gasteiger partial charge on any atom is 0.257 e. The quantitative estimate of drug-likeness (QED) is 0.797. The van der Waals surface area contributed by atoms with Gasteiger partial charge in [-0.15, -0.1) is 0 Å². The van der Waals surface area contributed by atoms with Crippen LogP contribution in [-0.2, 0) is 13.6 Å². The van der Waals surface area contributed by atoms with Crippen molar-refractivity contribution >= 4 is 17.5 Å². The van der Waals surface area contributed by atoms with Crippen molar-refractivity contribution in [3.8, 4) is 17.2 Å². The van der Waals surface area contributed by atoms with E-state index in [1.807, 2.05) is 0 Å². The zero-order valence-electron chi connectivity index (χ0n) is 14.3. The normalized spacial score (nSPS) is 10.4. The van der Waals surface area contributed by atoms with Crippen molar-refractivity contribution in [2.75, 3.05) is 28.4 Å². The number of benzene rings is 1. The molecule has 2 aromatic rings. The van der Waals surface area contributed by atoms with Gasteiger partial charge in [0.25, 0.3) is 5.91 Å². The van der Waals surface area contributed by atoms with Crippen molar-refractivity contribution in [1.29, 1.82) is 0 Å². The topological polar surface area (TPSA) is 65.8 Å². The Kier molecular flexibility index (Phi) is 5.56. The van der Waals surface area contributed by atoms with Crippen LogP contribution in [0.5, 0.6) is 17.2 Å². The van der Waals surface area contributed by atoms with E-state index in [1.165, 1.54) is 26.2 Å². The molecule has 0 spiro atoms. The Hall–Kier alpha value is -2.41. The average molecular weight is 354 g/mol. The number of carbonyl (C=O) groups excluding carboxylic acids is 1. The van der Waals surface area contributed by atoms with Crippen molar-refractivity contribution in [3.05, 3.63) is 34.6 Å². The van der Waals surface area contributed by atoms with Gasteiger partial charge in [-0.1, -0.05) is 11.6 Å². The molecule has 8 heteroatoms. The molecule has 0 radical (unpaired) electrons. The van der Waals surface area contributed by atoms with Crippen molar-refractivity contribution in [2.24, 2.45) is 7.05 Å². The number of aryl methyl sites for hydroxylation is 1. The summed E-state index contributed by atoms with van der Waals surface area (Å²) in [5, 5.41) is 4.58. The highest BCUT2D eigenvalue weighted by atomic mass is 35.5. The fourth-order valence-electron chi connectivity index (χ4n) is 2.39. The summed E-state index contributed by atoms with van der Waals surface area (Å²) < 4.78 is 17.6. The number of ether oxygens (including phenoxy) is 3. The van der Waals surface area contributed by atoms with Crippen LogP contribution in [0.1, 0.15) is 16.1 Å². The van der Waals surface area contributed by atoms with E-state index < -0.39 is 0 Å². The Labute approximate surface area is 145 Å². The summed E-state index contributed by atoms with van der Waals surface area (Å²) in [5.41, 5.74) is 1.11. The Bertz CT molecular complexity index is 726. The number of hydrogen-bond acceptors (Lipinski definition) is 5. The van der Waals surface area contributed by atoms with Crippen LogP contribution in [0.2, 0.25) is 5.02 Å². The number of amides is 1. The van der Waals surface area contributed by atoms with E-state index >= 15 is 0 Å². The minimum absolute atomic E-state index is 0.231. The molecule has 0 atom stereocenters. The molecule has 0 aliphatic heterocycles. The Morgan fingerprint density at radius 3 is 2.38 bits per heavy atom. The fraction of sp³-hybridized carbons (Fsp3) is 0.375. The van der Waals surface area contributed by atoms with Crippen molar-refractivity contribution in [3.63, 3.8) is 0 Å². The van der Waals surface area contributed by atoms with Gasteiger partial charge in [0.2, 0.25) is 5.75 Å². The molecule has 24 heavy (non-hydrogen) atoms. The summed E-state index contributed by atoms with van der Waals surface area (Å²) in [6, 6.07) is 3.31. The van der Waals surface area contributed by atoms with Gasteiger partial charge in [-0.05, 0) is 12.1 Å². The predicted molar refractivity (Wildman–Crippen MR) is 90.1 cm³/mol. The molecule has 1 aromatic heterocycles. The second kappa shape index (κ2) is 7.44. The fourth-order valence-corrected chi connectivity index (χ4v) is 2.61. The average Bonchev–Trinajstić information content (AvgIpc) is 2.91. The molecule has 0 N–H and O–H groups in total. The van der Waals surface area contributed by atoms with Gasteiger partial charge in [0.05, 0.1) is 50.4 Å². The first kappa shape index (κ1) is 17.9. The minimum Gasteiger partial charge on any atom is -0.493 e. The number of methoxy groups -OCH3 is 3. The maximum atomic E-state index is 12.8. The Morgan fingerprint density at radius 2 is 1.88 bits per heavy atom. The lowest BCUT2D eigenvalue weighted by molar-refractivity contribution is 0.0778. The first-order valence-corrected chi connectivity index (χ1v) is 7.53. The molecular weight excluding hydrogens is 334 g/mol. The molecule has 0 aliphatic carbocycles. The van der Waals surface area contributed by atoms with Crippen molar-refractivity contribution < 1.29 is 19.0 Å². The zero-order chi connectivity index (χ0) is 17.9. The Morgan fingerprint density at radius 1 is 1.21 bits per heavy atom. The third-order valence-corrected chi connectivity index (χ3v) is 3.99. The number of halogens is 1. The standard InChI is InChI=1S/C16H20ClN3O4/c1-19(9-12-11(17)8-18-20(12)2)16(21)10-6-7-13(22-3)15(24-5)14(10)23-4/h6-8H,9H2,1-5H3. The number of aromatic nitrogens is 2. The van der Waals surface area contributed by atoms with Crippen molar-refractivity contribution in [1.82, 2.24) is 14.7 Å². The van der Waals surface area contributed by atoms with E-state index in [0.717, 1.165) is 5.69 Å². The van der Waals surface area contributed by atoms with Crippen LogP contribution in [-0.4, -0.2) is 49.0 Å². The van der Waals surface area contributed by atoms with Crippen LogP contribution in [0.3, 0.4) is 0 Å². The van der Waals surface area contributed by atoms with Gasteiger partial charge in [0.15, 0.2) is 11.5 Å². The van der Waals surface area contributed by atoms with Gasteiger partial charge in [-0.25, -0.2) is 0 Å². The van der Waals surface area contributed by atoms with E-state index in [-0.39, 0.29) is 5.91 Å². The summed E-state index contributed by atoms with van der Waals surface area (Å²) in [5.74, 6) is 0.955. The molecule has 0 fully saturated rings. The number of rotatable bonds is 6. The van der Waals surface area contributed by atoms with Gasteiger partial charge < -0.3 is 19.1 Å². The highest BCUT2D eigenvalue weighted by molar-refractivity contribution is 6.31. The van der Waals surface area contributed by atoms with Crippen LogP contribution in [0.15, 0.2) is 18.3 Å². The molecule has 0 bridgehead atoms. The summed E-state index contributed by atoms with van der Waals surface area (Å²) in [4.78, 5) is 14.4. The van der Waals surface area contributed by atoms with E-state index in [9.17, 15) is 4.79 Å². The first-order chi connectivity index (χ1) is 11.4. The van der Waals surface area contributed by atoms with Crippen LogP contribution >= 0.6 is 11.6 Å². The number of carbonyl (C=O) groups is 1. The number of nitrogens with zero attached hydrogens (tertiary/aromatic N) is 3. The third kappa shape index (κ3) is 3.26. The van der Waals surface area contributed by atoms with Gasteiger partial charge in [0, 0.05) is 14.1 Å². The molecule has 0 aliphatic rings. The van der Waals surface area contributed by atoms with Crippen LogP contribution in [0, 0.1) is 0 Å². The number of hydrogen-bond donors (Lipinski definition) is 0. The van der Waals surface area contributed by atoms with E-state index in [0.29, 0.717) is 34.4 Å². The first-order valence-electron chi connectivity index (χ1n) is 7.15. The lowest BCUT2D eigenvalue weighted by atomic mass is 10.1. The Balaban J connectivity index is 2.35. The summed E-state index contributed by atoms with van der Waals surface area (Å²) in [6.07, 6.45) is 1.55. The highest BCUT2D eigenvalue weighted by Gasteiger charge is 2.24. The van der Waals surface area contributed by atoms with Gasteiger partial charge in [0.1, 0.15) is 0 Å². The highest BCUT2D eigenvalue weighted by Crippen LogP contribution is 2.40. The second-order valence-electron chi connectivity index (χ2n) is 5.11. The third-order valence-electron chi connectivity index (χ3n) is 3.68. The summed E-state index contributed by atoms with van der Waals surface area (Å²) in [7, 11) is 7.95. The van der Waals surface area contributed by atoms with E-state index in [2.05, 4.69) is 5.10 Å². The molecular formula is C16H20ClN3O4. The van der Waals surface area contributed by atoms with Gasteiger partial charge >= 0.3 is 0 Å². The van der Waals surface area contributed by atoms with Gasteiger partial charge in [-0.2, -0.15) is 5.10 Å². The summed E-state index contributed by atoms with van der Waals surface area (Å²) >= 11 is 6.10. The summed E-state index contributed by atoms with van der Waals surface area (Å²) in [6.45, 7) is 0.311. The molecule has 2 rings (SSSR count). The molecule has 1 aromatic carbocycles. The predicted octanol–water partition coefficient (Wildman–Crippen LogP) is 2.37. The molecule has 0 unspecified atom stereocenters. The molecule has 130 valence electrons. The van der Waals surface area contributed by atoms with E-state index in [4.69, 9.17) is 25.8 Å². The van der Waals surface area contributed by atoms with Gasteiger partial charge in [-0.3, -0.25) is 9.48 Å². The van der Waals surface area contributed by atoms with Crippen molar-refractivity contribution in [2.45, 2.75) is 6.54 Å². The van der Waals surface area contributed by atoms with Crippen LogP contribution < -0.4 is 14.2 Å². The molecule has 1 heterocycles. The SMILES string of the molecule is COc1ccc(C(=O)N(C)Cc2c(Cl)cnn2C)c(OC)c1OC. The smallest absolute Gasteiger partial charge is 0.257 e. The van der Waals surface area contributed by atoms with E-state index in [1.54, 1.807) is 37.1 Å². The monoisotopic (exact) mass is 353 g/mol. The zero-order valence-corrected chi connectivity index (χ0v) is 15.0. The molecule has 1 amide bonds. The lowest BCUT2D eigenvalue weighted by Crippen LogP contribution is -2.28. The maximum absolute atomic E-state index is 12.8. The van der Waals surface area contributed by atoms with Crippen LogP contribution in [0.25, 0.3) is 0 Å². The lowest BCUT2D eigenvalue weighted by Gasteiger charge is -2.21. The molecule has 0 saturated heterocycles. The minimum atomic E-state index is -0.231. The van der Waals surface area contributed by atoms with Crippen LogP contribution in [0.4, 0.5) is 0 Å². The largest absolute Gasteiger partial charge is 0.493 e. The molecule has 7 nitrogen and oxygen atoms in total.